The Morgan fingerprint density at radius 2 is 1.62 bits per heavy atom. The van der Waals surface area contributed by atoms with Crippen LogP contribution >= 0.6 is 0 Å². The van der Waals surface area contributed by atoms with Crippen LogP contribution in [0.15, 0.2) is 65.5 Å². The molecule has 4 aromatic heterocycles. The maximum atomic E-state index is 13.4. The van der Waals surface area contributed by atoms with Gasteiger partial charge >= 0.3 is 5.69 Å². The molecule has 188 valence electrons. The zero-order chi connectivity index (χ0) is 26.1. The Bertz CT molecular complexity index is 1620. The SMILES string of the molecule is Cc1cc(-c2c(-c3ccccc3)nc(N)n3c(=O)n(CCN[C@@H](C)c4cccc(C)n4)nc23)cc(C)n1. The summed E-state index contributed by atoms with van der Waals surface area (Å²) >= 11 is 0. The van der Waals surface area contributed by atoms with Crippen LogP contribution in [-0.2, 0) is 6.54 Å². The van der Waals surface area contributed by atoms with Gasteiger partial charge < -0.3 is 11.1 Å². The lowest BCUT2D eigenvalue weighted by Gasteiger charge is -2.13. The number of aromatic nitrogens is 6. The molecule has 0 fully saturated rings. The van der Waals surface area contributed by atoms with Gasteiger partial charge in [0.05, 0.1) is 23.5 Å². The molecule has 0 radical (unpaired) electrons. The van der Waals surface area contributed by atoms with Crippen LogP contribution in [0.5, 0.6) is 0 Å². The van der Waals surface area contributed by atoms with Crippen LogP contribution in [0, 0.1) is 20.8 Å². The van der Waals surface area contributed by atoms with Gasteiger partial charge in [-0.3, -0.25) is 9.97 Å². The number of anilines is 1. The van der Waals surface area contributed by atoms with Crippen molar-refractivity contribution in [2.75, 3.05) is 12.3 Å². The highest BCUT2D eigenvalue weighted by molar-refractivity contribution is 5.90. The Morgan fingerprint density at radius 1 is 0.892 bits per heavy atom. The summed E-state index contributed by atoms with van der Waals surface area (Å²) in [5.41, 5.74) is 13.3. The molecule has 0 bridgehead atoms. The summed E-state index contributed by atoms with van der Waals surface area (Å²) in [5.74, 6) is 0.0987. The van der Waals surface area contributed by atoms with E-state index in [1.165, 1.54) is 9.08 Å². The van der Waals surface area contributed by atoms with E-state index in [9.17, 15) is 4.79 Å². The number of benzene rings is 1. The Morgan fingerprint density at radius 3 is 2.32 bits per heavy atom. The van der Waals surface area contributed by atoms with Crippen LogP contribution in [0.3, 0.4) is 0 Å². The first-order valence-corrected chi connectivity index (χ1v) is 12.3. The minimum absolute atomic E-state index is 0.0300. The molecular weight excluding hydrogens is 464 g/mol. The van der Waals surface area contributed by atoms with Gasteiger partial charge in [-0.2, -0.15) is 0 Å². The topological polar surface area (TPSA) is 116 Å². The standard InChI is InChI=1S/C28H30N8O/c1-17-9-8-12-23(32-17)20(4)30-13-14-35-28(37)36-26(34-35)24(22-15-18(2)31-19(3)16-22)25(33-27(36)29)21-10-6-5-7-11-21/h5-12,15-16,20,30H,13-14H2,1-4H3,(H2,29,33)/t20-/m0/s1. The molecule has 0 amide bonds. The van der Waals surface area contributed by atoms with Crippen LogP contribution in [-0.4, -0.2) is 35.7 Å². The number of rotatable bonds is 7. The molecule has 9 nitrogen and oxygen atoms in total. The van der Waals surface area contributed by atoms with Gasteiger partial charge in [-0.15, -0.1) is 5.10 Å². The second kappa shape index (κ2) is 9.94. The van der Waals surface area contributed by atoms with E-state index in [1.807, 2.05) is 81.4 Å². The molecule has 0 saturated carbocycles. The van der Waals surface area contributed by atoms with E-state index in [4.69, 9.17) is 10.8 Å². The minimum atomic E-state index is -0.327. The van der Waals surface area contributed by atoms with E-state index in [-0.39, 0.29) is 17.7 Å². The monoisotopic (exact) mass is 494 g/mol. The molecule has 37 heavy (non-hydrogen) atoms. The molecule has 0 aliphatic heterocycles. The predicted octanol–water partition coefficient (Wildman–Crippen LogP) is 3.87. The third kappa shape index (κ3) is 4.85. The summed E-state index contributed by atoms with van der Waals surface area (Å²) in [6.07, 6.45) is 0. The Hall–Kier alpha value is -4.37. The van der Waals surface area contributed by atoms with Gasteiger partial charge in [0.2, 0.25) is 5.95 Å². The summed E-state index contributed by atoms with van der Waals surface area (Å²) in [6.45, 7) is 8.81. The van der Waals surface area contributed by atoms with Crippen LogP contribution in [0.1, 0.15) is 35.7 Å². The summed E-state index contributed by atoms with van der Waals surface area (Å²) in [5, 5.41) is 8.18. The molecule has 0 unspecified atom stereocenters. The largest absolute Gasteiger partial charge is 0.369 e. The van der Waals surface area contributed by atoms with Crippen molar-refractivity contribution in [3.8, 4) is 22.4 Å². The fourth-order valence-corrected chi connectivity index (χ4v) is 4.59. The smallest absolute Gasteiger partial charge is 0.353 e. The number of aryl methyl sites for hydroxylation is 3. The van der Waals surface area contributed by atoms with Crippen LogP contribution in [0.25, 0.3) is 28.0 Å². The Labute approximate surface area is 215 Å². The minimum Gasteiger partial charge on any atom is -0.369 e. The number of nitrogens with zero attached hydrogens (tertiary/aromatic N) is 6. The lowest BCUT2D eigenvalue weighted by atomic mass is 9.99. The van der Waals surface area contributed by atoms with E-state index in [0.29, 0.717) is 24.4 Å². The molecule has 0 saturated heterocycles. The molecule has 4 heterocycles. The van der Waals surface area contributed by atoms with Crippen molar-refractivity contribution >= 4 is 11.6 Å². The number of nitrogens with two attached hydrogens (primary N) is 1. The third-order valence-electron chi connectivity index (χ3n) is 6.30. The second-order valence-corrected chi connectivity index (χ2v) is 9.24. The molecular formula is C28H30N8O. The zero-order valence-corrected chi connectivity index (χ0v) is 21.4. The van der Waals surface area contributed by atoms with E-state index in [2.05, 4.69) is 27.2 Å². The third-order valence-corrected chi connectivity index (χ3v) is 6.30. The summed E-state index contributed by atoms with van der Waals surface area (Å²) < 4.78 is 2.83. The van der Waals surface area contributed by atoms with Gasteiger partial charge in [0.15, 0.2) is 5.65 Å². The lowest BCUT2D eigenvalue weighted by Crippen LogP contribution is -2.30. The van der Waals surface area contributed by atoms with Crippen molar-refractivity contribution in [3.05, 3.63) is 93.9 Å². The average molecular weight is 495 g/mol. The molecule has 3 N–H and O–H groups in total. The zero-order valence-electron chi connectivity index (χ0n) is 21.4. The molecule has 9 heteroatoms. The molecule has 1 aromatic carbocycles. The number of pyridine rings is 2. The van der Waals surface area contributed by atoms with Gasteiger partial charge in [0.25, 0.3) is 0 Å². The van der Waals surface area contributed by atoms with Gasteiger partial charge in [-0.1, -0.05) is 36.4 Å². The van der Waals surface area contributed by atoms with Crippen molar-refractivity contribution in [3.63, 3.8) is 0 Å². The lowest BCUT2D eigenvalue weighted by molar-refractivity contribution is 0.493. The van der Waals surface area contributed by atoms with Gasteiger partial charge in [-0.25, -0.2) is 18.9 Å². The van der Waals surface area contributed by atoms with Crippen LogP contribution in [0.4, 0.5) is 5.95 Å². The molecule has 5 rings (SSSR count). The van der Waals surface area contributed by atoms with Gasteiger partial charge in [-0.05, 0) is 57.5 Å². The van der Waals surface area contributed by atoms with Crippen molar-refractivity contribution in [2.24, 2.45) is 0 Å². The highest BCUT2D eigenvalue weighted by Crippen LogP contribution is 2.34. The van der Waals surface area contributed by atoms with Crippen molar-refractivity contribution in [1.29, 1.82) is 0 Å². The van der Waals surface area contributed by atoms with Crippen LogP contribution in [0.2, 0.25) is 0 Å². The van der Waals surface area contributed by atoms with Gasteiger partial charge in [0.1, 0.15) is 0 Å². The Balaban J connectivity index is 1.57. The number of nitrogens with one attached hydrogen (secondary N) is 1. The summed E-state index contributed by atoms with van der Waals surface area (Å²) in [4.78, 5) is 27.2. The maximum absolute atomic E-state index is 13.4. The first-order valence-electron chi connectivity index (χ1n) is 12.3. The van der Waals surface area contributed by atoms with E-state index >= 15 is 0 Å². The molecule has 5 aromatic rings. The molecule has 0 aliphatic rings. The first kappa shape index (κ1) is 24.3. The highest BCUT2D eigenvalue weighted by atomic mass is 16.2. The molecule has 1 atom stereocenters. The number of nitrogen functional groups attached to an aromatic ring is 1. The fourth-order valence-electron chi connectivity index (χ4n) is 4.59. The first-order chi connectivity index (χ1) is 17.8. The molecule has 0 aliphatic carbocycles. The second-order valence-electron chi connectivity index (χ2n) is 9.24. The predicted molar refractivity (Wildman–Crippen MR) is 145 cm³/mol. The fraction of sp³-hybridized carbons (Fsp3) is 0.250. The summed E-state index contributed by atoms with van der Waals surface area (Å²) in [7, 11) is 0. The highest BCUT2D eigenvalue weighted by Gasteiger charge is 2.22. The van der Waals surface area contributed by atoms with E-state index in [0.717, 1.165) is 39.5 Å². The van der Waals surface area contributed by atoms with Crippen molar-refractivity contribution < 1.29 is 0 Å². The summed E-state index contributed by atoms with van der Waals surface area (Å²) in [6, 6.07) is 19.7. The number of hydrogen-bond donors (Lipinski definition) is 2. The Kier molecular flexibility index (Phi) is 6.54. The van der Waals surface area contributed by atoms with Gasteiger partial charge in [0, 0.05) is 35.2 Å². The van der Waals surface area contributed by atoms with Crippen LogP contribution < -0.4 is 16.7 Å². The van der Waals surface area contributed by atoms with Crippen molar-refractivity contribution in [1.82, 2.24) is 34.4 Å². The quantitative estimate of drug-likeness (QED) is 0.353. The van der Waals surface area contributed by atoms with Crippen molar-refractivity contribution in [2.45, 2.75) is 40.3 Å². The van der Waals surface area contributed by atoms with E-state index < -0.39 is 0 Å². The number of fused-ring (bicyclic) bond motifs is 1. The molecule has 0 spiro atoms. The average Bonchev–Trinajstić information content (AvgIpc) is 3.20. The number of hydrogen-bond acceptors (Lipinski definition) is 7. The van der Waals surface area contributed by atoms with E-state index in [1.54, 1.807) is 0 Å². The normalized spacial score (nSPS) is 12.2. The maximum Gasteiger partial charge on any atom is 0.353 e.